The van der Waals surface area contributed by atoms with Crippen LogP contribution in [0.2, 0.25) is 0 Å². The summed E-state index contributed by atoms with van der Waals surface area (Å²) in [7, 11) is 0. The van der Waals surface area contributed by atoms with Gasteiger partial charge in [-0.2, -0.15) is 9.49 Å². The van der Waals surface area contributed by atoms with E-state index in [-0.39, 0.29) is 11.3 Å². The SMILES string of the molecule is Cc1cc(F)c(C(=O)Nc2cnn(C(C)(C)C)c2F)cc1-c1cc(N2CCOCC2)c2nccn2c1. The molecule has 10 heteroatoms. The number of rotatable bonds is 4. The zero-order valence-corrected chi connectivity index (χ0v) is 20.7. The molecule has 0 bridgehead atoms. The van der Waals surface area contributed by atoms with Gasteiger partial charge < -0.3 is 19.4 Å². The fourth-order valence-electron chi connectivity index (χ4n) is 4.43. The van der Waals surface area contributed by atoms with Crippen LogP contribution in [0.5, 0.6) is 0 Å². The number of halogens is 2. The van der Waals surface area contributed by atoms with Crippen molar-refractivity contribution in [2.24, 2.45) is 0 Å². The van der Waals surface area contributed by atoms with E-state index in [1.807, 2.05) is 22.9 Å². The van der Waals surface area contributed by atoms with Crippen LogP contribution in [0.25, 0.3) is 16.8 Å². The number of anilines is 2. The maximum Gasteiger partial charge on any atom is 0.258 e. The van der Waals surface area contributed by atoms with Gasteiger partial charge in [0.1, 0.15) is 11.5 Å². The number of pyridine rings is 1. The summed E-state index contributed by atoms with van der Waals surface area (Å²) in [5.41, 5.74) is 3.01. The number of carbonyl (C=O) groups excluding carboxylic acids is 1. The maximum atomic E-state index is 15.0. The molecule has 1 aliphatic rings. The normalized spacial score (nSPS) is 14.4. The lowest BCUT2D eigenvalue weighted by Gasteiger charge is -2.29. The van der Waals surface area contributed by atoms with Crippen LogP contribution in [-0.2, 0) is 10.3 Å². The van der Waals surface area contributed by atoms with Gasteiger partial charge in [-0.3, -0.25) is 4.79 Å². The lowest BCUT2D eigenvalue weighted by atomic mass is 9.98. The smallest absolute Gasteiger partial charge is 0.258 e. The van der Waals surface area contributed by atoms with E-state index in [1.165, 1.54) is 23.0 Å². The number of amides is 1. The summed E-state index contributed by atoms with van der Waals surface area (Å²) in [5.74, 6) is -2.13. The summed E-state index contributed by atoms with van der Waals surface area (Å²) < 4.78 is 38.4. The summed E-state index contributed by atoms with van der Waals surface area (Å²) in [4.78, 5) is 19.7. The predicted octanol–water partition coefficient (Wildman–Crippen LogP) is 4.63. The molecule has 1 aromatic carbocycles. The molecule has 8 nitrogen and oxygen atoms in total. The van der Waals surface area contributed by atoms with Crippen molar-refractivity contribution >= 4 is 22.9 Å². The average molecular weight is 495 g/mol. The molecule has 0 saturated carbocycles. The van der Waals surface area contributed by atoms with Crippen LogP contribution < -0.4 is 10.2 Å². The summed E-state index contributed by atoms with van der Waals surface area (Å²) in [6.45, 7) is 9.89. The van der Waals surface area contributed by atoms with Gasteiger partial charge in [0.05, 0.1) is 36.2 Å². The molecule has 0 unspecified atom stereocenters. The van der Waals surface area contributed by atoms with E-state index in [4.69, 9.17) is 4.74 Å². The fraction of sp³-hybridized carbons (Fsp3) is 0.346. The number of hydrogen-bond acceptors (Lipinski definition) is 5. The van der Waals surface area contributed by atoms with E-state index in [1.54, 1.807) is 33.9 Å². The Balaban J connectivity index is 1.53. The third-order valence-corrected chi connectivity index (χ3v) is 6.28. The molecule has 188 valence electrons. The van der Waals surface area contributed by atoms with Crippen LogP contribution in [0, 0.1) is 18.7 Å². The van der Waals surface area contributed by atoms with Crippen LogP contribution in [0.3, 0.4) is 0 Å². The standard InChI is InChI=1S/C26H28F2N6O2/c1-16-11-20(27)19(25(35)31-21-14-30-34(23(21)28)26(2,3)4)13-18(16)17-12-22(32-7-9-36-10-8-32)24-29-5-6-33(24)15-17/h5-6,11-15H,7-10H2,1-4H3,(H,31,35). The number of nitrogens with zero attached hydrogens (tertiary/aromatic N) is 5. The number of carbonyl (C=O) groups is 1. The number of ether oxygens (including phenoxy) is 1. The van der Waals surface area contributed by atoms with Crippen LogP contribution in [0.1, 0.15) is 36.7 Å². The van der Waals surface area contributed by atoms with Crippen molar-refractivity contribution < 1.29 is 18.3 Å². The summed E-state index contributed by atoms with van der Waals surface area (Å²) in [5, 5.41) is 6.50. The third kappa shape index (κ3) is 4.32. The van der Waals surface area contributed by atoms with Crippen molar-refractivity contribution in [3.8, 4) is 11.1 Å². The second kappa shape index (κ2) is 9.02. The van der Waals surface area contributed by atoms with Gasteiger partial charge >= 0.3 is 0 Å². The Kier molecular flexibility index (Phi) is 5.99. The van der Waals surface area contributed by atoms with Gasteiger partial charge in [0.15, 0.2) is 5.65 Å². The van der Waals surface area contributed by atoms with E-state index >= 15 is 0 Å². The second-order valence-corrected chi connectivity index (χ2v) is 9.90. The molecule has 4 heterocycles. The van der Waals surface area contributed by atoms with E-state index in [2.05, 4.69) is 20.3 Å². The molecule has 0 radical (unpaired) electrons. The molecule has 1 amide bonds. The van der Waals surface area contributed by atoms with Gasteiger partial charge in [0.25, 0.3) is 5.91 Å². The highest BCUT2D eigenvalue weighted by Crippen LogP contribution is 2.32. The first-order chi connectivity index (χ1) is 17.1. The molecular weight excluding hydrogens is 466 g/mol. The van der Waals surface area contributed by atoms with Crippen LogP contribution in [0.4, 0.5) is 20.2 Å². The molecule has 1 N–H and O–H groups in total. The zero-order valence-electron chi connectivity index (χ0n) is 20.7. The van der Waals surface area contributed by atoms with Crippen molar-refractivity contribution in [3.05, 3.63) is 65.9 Å². The van der Waals surface area contributed by atoms with Gasteiger partial charge in [-0.1, -0.05) is 0 Å². The fourth-order valence-corrected chi connectivity index (χ4v) is 4.43. The Bertz CT molecular complexity index is 1450. The van der Waals surface area contributed by atoms with Crippen molar-refractivity contribution in [1.29, 1.82) is 0 Å². The average Bonchev–Trinajstić information content (AvgIpc) is 3.45. The maximum absolute atomic E-state index is 15.0. The second-order valence-electron chi connectivity index (χ2n) is 9.90. The molecule has 4 aromatic rings. The summed E-state index contributed by atoms with van der Waals surface area (Å²) >= 11 is 0. The molecule has 3 aromatic heterocycles. The van der Waals surface area contributed by atoms with Gasteiger partial charge in [-0.25, -0.2) is 14.1 Å². The first-order valence-corrected chi connectivity index (χ1v) is 11.8. The van der Waals surface area contributed by atoms with E-state index in [0.29, 0.717) is 24.3 Å². The molecular formula is C26H28F2N6O2. The van der Waals surface area contributed by atoms with E-state index in [9.17, 15) is 13.6 Å². The molecule has 1 fully saturated rings. The Morgan fingerprint density at radius 3 is 2.58 bits per heavy atom. The zero-order chi connectivity index (χ0) is 25.6. The Hall–Kier alpha value is -3.79. The van der Waals surface area contributed by atoms with E-state index in [0.717, 1.165) is 30.0 Å². The van der Waals surface area contributed by atoms with Crippen LogP contribution >= 0.6 is 0 Å². The molecule has 0 aliphatic carbocycles. The Morgan fingerprint density at radius 2 is 1.89 bits per heavy atom. The van der Waals surface area contributed by atoms with Crippen molar-refractivity contribution in [2.45, 2.75) is 33.2 Å². The molecule has 5 rings (SSSR count). The highest BCUT2D eigenvalue weighted by molar-refractivity contribution is 6.05. The van der Waals surface area contributed by atoms with Gasteiger partial charge in [-0.15, -0.1) is 0 Å². The number of imidazole rings is 1. The predicted molar refractivity (Wildman–Crippen MR) is 133 cm³/mol. The van der Waals surface area contributed by atoms with Crippen molar-refractivity contribution in [1.82, 2.24) is 19.2 Å². The largest absolute Gasteiger partial charge is 0.378 e. The van der Waals surface area contributed by atoms with Crippen molar-refractivity contribution in [2.75, 3.05) is 36.5 Å². The number of fused-ring (bicyclic) bond motifs is 1. The van der Waals surface area contributed by atoms with Gasteiger partial charge in [-0.05, 0) is 57.0 Å². The molecule has 1 aliphatic heterocycles. The number of hydrogen-bond donors (Lipinski definition) is 1. The van der Waals surface area contributed by atoms with E-state index < -0.39 is 23.2 Å². The van der Waals surface area contributed by atoms with Gasteiger partial charge in [0, 0.05) is 37.2 Å². The third-order valence-electron chi connectivity index (χ3n) is 6.28. The molecule has 0 atom stereocenters. The van der Waals surface area contributed by atoms with Crippen LogP contribution in [-0.4, -0.2) is 51.4 Å². The molecule has 0 spiro atoms. The monoisotopic (exact) mass is 494 g/mol. The topological polar surface area (TPSA) is 76.7 Å². The summed E-state index contributed by atoms with van der Waals surface area (Å²) in [6, 6.07) is 4.83. The number of nitrogens with one attached hydrogen (secondary N) is 1. The van der Waals surface area contributed by atoms with Crippen molar-refractivity contribution in [3.63, 3.8) is 0 Å². The minimum Gasteiger partial charge on any atom is -0.378 e. The number of aryl methyl sites for hydroxylation is 1. The Labute approximate surface area is 207 Å². The number of aromatic nitrogens is 4. The lowest BCUT2D eigenvalue weighted by molar-refractivity contribution is 0.102. The highest BCUT2D eigenvalue weighted by atomic mass is 19.1. The first kappa shape index (κ1) is 23.9. The Morgan fingerprint density at radius 1 is 1.14 bits per heavy atom. The summed E-state index contributed by atoms with van der Waals surface area (Å²) in [6.07, 6.45) is 6.71. The number of morpholine rings is 1. The molecule has 36 heavy (non-hydrogen) atoms. The molecule has 1 saturated heterocycles. The minimum absolute atomic E-state index is 0.106. The number of benzene rings is 1. The van der Waals surface area contributed by atoms with Gasteiger partial charge in [0.2, 0.25) is 5.95 Å². The lowest BCUT2D eigenvalue weighted by Crippen LogP contribution is -2.36. The quantitative estimate of drug-likeness (QED) is 0.448. The minimum atomic E-state index is -0.752. The highest BCUT2D eigenvalue weighted by Gasteiger charge is 2.24. The first-order valence-electron chi connectivity index (χ1n) is 11.8. The van der Waals surface area contributed by atoms with Crippen LogP contribution in [0.15, 0.2) is 43.0 Å².